The number of carboxylic acids is 1. The Bertz CT molecular complexity index is 200. The summed E-state index contributed by atoms with van der Waals surface area (Å²) < 4.78 is 5.14. The van der Waals surface area contributed by atoms with E-state index in [-0.39, 0.29) is 6.54 Å². The lowest BCUT2D eigenvalue weighted by molar-refractivity contribution is -0.139. The molecule has 4 nitrogen and oxygen atoms in total. The van der Waals surface area contributed by atoms with Crippen LogP contribution in [-0.4, -0.2) is 48.8 Å². The first-order valence-electron chi connectivity index (χ1n) is 4.22. The van der Waals surface area contributed by atoms with Crippen molar-refractivity contribution in [1.29, 1.82) is 0 Å². The van der Waals surface area contributed by atoms with Gasteiger partial charge in [-0.15, -0.1) is 0 Å². The van der Waals surface area contributed by atoms with Crippen LogP contribution < -0.4 is 0 Å². The Morgan fingerprint density at radius 3 is 2.75 bits per heavy atom. The van der Waals surface area contributed by atoms with E-state index in [0.29, 0.717) is 5.41 Å². The average molecular weight is 171 g/mol. The van der Waals surface area contributed by atoms with E-state index in [1.54, 1.807) is 0 Å². The maximum Gasteiger partial charge on any atom is 0.317 e. The van der Waals surface area contributed by atoms with Gasteiger partial charge in [-0.2, -0.15) is 0 Å². The molecule has 2 aliphatic rings. The molecule has 2 saturated heterocycles. The van der Waals surface area contributed by atoms with E-state index in [1.807, 2.05) is 4.90 Å². The average Bonchev–Trinajstić information content (AvgIpc) is 2.29. The highest BCUT2D eigenvalue weighted by Gasteiger charge is 2.44. The van der Waals surface area contributed by atoms with Crippen molar-refractivity contribution < 1.29 is 14.6 Å². The molecule has 1 spiro atoms. The summed E-state index contributed by atoms with van der Waals surface area (Å²) in [4.78, 5) is 12.4. The van der Waals surface area contributed by atoms with Gasteiger partial charge in [-0.1, -0.05) is 0 Å². The molecule has 12 heavy (non-hydrogen) atoms. The number of ether oxygens (including phenoxy) is 1. The summed E-state index contributed by atoms with van der Waals surface area (Å²) in [5, 5.41) is 8.56. The Morgan fingerprint density at radius 2 is 2.33 bits per heavy atom. The van der Waals surface area contributed by atoms with Crippen LogP contribution in [0.4, 0.5) is 0 Å². The molecule has 0 saturated carbocycles. The van der Waals surface area contributed by atoms with E-state index in [4.69, 9.17) is 9.84 Å². The van der Waals surface area contributed by atoms with Crippen LogP contribution in [0.3, 0.4) is 0 Å². The largest absolute Gasteiger partial charge is 0.480 e. The van der Waals surface area contributed by atoms with E-state index in [9.17, 15) is 4.79 Å². The summed E-state index contributed by atoms with van der Waals surface area (Å²) in [6.07, 6.45) is 1.10. The third kappa shape index (κ3) is 1.32. The van der Waals surface area contributed by atoms with Crippen LogP contribution in [0.2, 0.25) is 0 Å². The smallest absolute Gasteiger partial charge is 0.317 e. The van der Waals surface area contributed by atoms with Crippen molar-refractivity contribution in [1.82, 2.24) is 4.90 Å². The quantitative estimate of drug-likeness (QED) is 0.624. The first-order chi connectivity index (χ1) is 5.70. The van der Waals surface area contributed by atoms with Crippen molar-refractivity contribution in [3.05, 3.63) is 0 Å². The molecule has 0 aromatic carbocycles. The Morgan fingerprint density at radius 1 is 1.58 bits per heavy atom. The lowest BCUT2D eigenvalue weighted by Crippen LogP contribution is -2.45. The van der Waals surface area contributed by atoms with Crippen molar-refractivity contribution in [2.24, 2.45) is 5.41 Å². The number of likely N-dealkylation sites (tertiary alicyclic amines) is 1. The van der Waals surface area contributed by atoms with Gasteiger partial charge in [-0.25, -0.2) is 0 Å². The molecule has 0 amide bonds. The highest BCUT2D eigenvalue weighted by molar-refractivity contribution is 5.69. The van der Waals surface area contributed by atoms with E-state index in [2.05, 4.69) is 0 Å². The minimum Gasteiger partial charge on any atom is -0.480 e. The minimum atomic E-state index is -0.729. The highest BCUT2D eigenvalue weighted by atomic mass is 16.5. The molecule has 0 bridgehead atoms. The zero-order chi connectivity index (χ0) is 8.60. The maximum absolute atomic E-state index is 10.4. The third-order valence-corrected chi connectivity index (χ3v) is 2.69. The summed E-state index contributed by atoms with van der Waals surface area (Å²) in [6.45, 7) is 3.64. The predicted octanol–water partition coefficient (Wildman–Crippen LogP) is -0.207. The number of nitrogens with zero attached hydrogens (tertiary/aromatic N) is 1. The fraction of sp³-hybridized carbons (Fsp3) is 0.875. The van der Waals surface area contributed by atoms with Crippen molar-refractivity contribution >= 4 is 5.97 Å². The summed E-state index contributed by atoms with van der Waals surface area (Å²) in [5.41, 5.74) is 0.315. The molecular weight excluding hydrogens is 158 g/mol. The van der Waals surface area contributed by atoms with E-state index in [0.717, 1.165) is 32.7 Å². The highest BCUT2D eigenvalue weighted by Crippen LogP contribution is 2.37. The van der Waals surface area contributed by atoms with Crippen molar-refractivity contribution in [3.8, 4) is 0 Å². The van der Waals surface area contributed by atoms with Crippen LogP contribution in [0.5, 0.6) is 0 Å². The van der Waals surface area contributed by atoms with Gasteiger partial charge in [-0.05, 0) is 13.0 Å². The van der Waals surface area contributed by atoms with Crippen LogP contribution in [0.1, 0.15) is 6.42 Å². The topological polar surface area (TPSA) is 49.8 Å². The van der Waals surface area contributed by atoms with Gasteiger partial charge in [0.2, 0.25) is 0 Å². The Balaban J connectivity index is 1.85. The van der Waals surface area contributed by atoms with Crippen LogP contribution in [-0.2, 0) is 9.53 Å². The monoisotopic (exact) mass is 171 g/mol. The molecule has 0 atom stereocenters. The number of rotatable bonds is 2. The van der Waals surface area contributed by atoms with Crippen molar-refractivity contribution in [2.45, 2.75) is 6.42 Å². The van der Waals surface area contributed by atoms with Crippen molar-refractivity contribution in [3.63, 3.8) is 0 Å². The Kier molecular flexibility index (Phi) is 1.81. The SMILES string of the molecule is O=C(O)CN1CCC2(COC2)C1. The zero-order valence-electron chi connectivity index (χ0n) is 6.95. The molecule has 1 N–H and O–H groups in total. The molecule has 0 aromatic heterocycles. The minimum absolute atomic E-state index is 0.182. The second-order valence-corrected chi connectivity index (χ2v) is 3.85. The maximum atomic E-state index is 10.4. The lowest BCUT2D eigenvalue weighted by atomic mass is 9.85. The first-order valence-corrected chi connectivity index (χ1v) is 4.22. The van der Waals surface area contributed by atoms with Gasteiger partial charge in [0.05, 0.1) is 19.8 Å². The molecule has 2 heterocycles. The van der Waals surface area contributed by atoms with Gasteiger partial charge in [0.25, 0.3) is 0 Å². The van der Waals surface area contributed by atoms with Gasteiger partial charge in [0, 0.05) is 12.0 Å². The predicted molar refractivity (Wildman–Crippen MR) is 41.9 cm³/mol. The van der Waals surface area contributed by atoms with Crippen LogP contribution in [0, 0.1) is 5.41 Å². The summed E-state index contributed by atoms with van der Waals surface area (Å²) in [6, 6.07) is 0. The molecule has 0 radical (unpaired) electrons. The summed E-state index contributed by atoms with van der Waals surface area (Å²) in [7, 11) is 0. The number of hydrogen-bond acceptors (Lipinski definition) is 3. The van der Waals surface area contributed by atoms with E-state index >= 15 is 0 Å². The molecular formula is C8H13NO3. The van der Waals surface area contributed by atoms with E-state index in [1.165, 1.54) is 0 Å². The third-order valence-electron chi connectivity index (χ3n) is 2.69. The van der Waals surface area contributed by atoms with Gasteiger partial charge in [0.15, 0.2) is 0 Å². The van der Waals surface area contributed by atoms with Crippen LogP contribution in [0.25, 0.3) is 0 Å². The molecule has 68 valence electrons. The molecule has 0 aromatic rings. The number of aliphatic carboxylic acids is 1. The summed E-state index contributed by atoms with van der Waals surface area (Å²) in [5.74, 6) is -0.729. The Labute approximate surface area is 71.1 Å². The zero-order valence-corrected chi connectivity index (χ0v) is 6.95. The van der Waals surface area contributed by atoms with Crippen LogP contribution >= 0.6 is 0 Å². The number of carboxylic acid groups (broad SMARTS) is 1. The standard InChI is InChI=1S/C8H13NO3/c10-7(11)3-9-2-1-8(4-9)5-12-6-8/h1-6H2,(H,10,11). The molecule has 2 fully saturated rings. The summed E-state index contributed by atoms with van der Waals surface area (Å²) >= 11 is 0. The fourth-order valence-electron chi connectivity index (χ4n) is 1.98. The Hall–Kier alpha value is -0.610. The van der Waals surface area contributed by atoms with Crippen LogP contribution in [0.15, 0.2) is 0 Å². The van der Waals surface area contributed by atoms with Gasteiger partial charge < -0.3 is 9.84 Å². The van der Waals surface area contributed by atoms with Crippen molar-refractivity contribution in [2.75, 3.05) is 32.8 Å². The normalized spacial score (nSPS) is 27.3. The molecule has 0 aliphatic carbocycles. The molecule has 2 rings (SSSR count). The lowest BCUT2D eigenvalue weighted by Gasteiger charge is -2.37. The van der Waals surface area contributed by atoms with Gasteiger partial charge in [0.1, 0.15) is 0 Å². The van der Waals surface area contributed by atoms with Gasteiger partial charge >= 0.3 is 5.97 Å². The van der Waals surface area contributed by atoms with Gasteiger partial charge in [-0.3, -0.25) is 9.69 Å². The second kappa shape index (κ2) is 2.71. The first kappa shape index (κ1) is 8.01. The fourth-order valence-corrected chi connectivity index (χ4v) is 1.98. The number of hydrogen-bond donors (Lipinski definition) is 1. The van der Waals surface area contributed by atoms with E-state index < -0.39 is 5.97 Å². The number of carbonyl (C=O) groups is 1. The molecule has 4 heteroatoms. The second-order valence-electron chi connectivity index (χ2n) is 3.85. The molecule has 2 aliphatic heterocycles. The molecule has 0 unspecified atom stereocenters.